The Hall–Kier alpha value is -5.18. The number of ether oxygens (including phenoxy) is 5. The molecule has 0 spiro atoms. The lowest BCUT2D eigenvalue weighted by Crippen LogP contribution is -2.11. The summed E-state index contributed by atoms with van der Waals surface area (Å²) < 4.78 is 39.9. The first kappa shape index (κ1) is 31.3. The second kappa shape index (κ2) is 16.2. The monoisotopic (exact) mass is 574 g/mol. The average molecular weight is 575 g/mol. The molecule has 0 amide bonds. The molecule has 0 aromatic heterocycles. The highest BCUT2D eigenvalue weighted by Crippen LogP contribution is 2.33. The van der Waals surface area contributed by atoms with Crippen molar-refractivity contribution in [3.8, 4) is 28.7 Å². The van der Waals surface area contributed by atoms with Gasteiger partial charge in [-0.3, -0.25) is 0 Å². The first-order valence-corrected chi connectivity index (χ1v) is 13.2. The summed E-state index contributed by atoms with van der Waals surface area (Å²) in [5, 5.41) is 0. The van der Waals surface area contributed by atoms with E-state index in [4.69, 9.17) is 23.7 Å². The van der Waals surface area contributed by atoms with Crippen molar-refractivity contribution in [2.45, 2.75) is 26.7 Å². The number of hydrogen-bond donors (Lipinski definition) is 0. The van der Waals surface area contributed by atoms with E-state index in [1.165, 1.54) is 30.4 Å². The standard InChI is InChI=1S/C33H31FO8/c1-4-20-38-26-12-6-24(7-13-26)10-18-31(35)40-28-16-17-29(30(22-28)42-33(37)23(3)34)41-32(36)19-11-25-8-14-27(15-9-25)39-21-5-2/h6-19,22H,3-5,20-21H2,1-2H3/b18-10+,19-11+. The Morgan fingerprint density at radius 2 is 1.14 bits per heavy atom. The molecule has 0 aliphatic heterocycles. The van der Waals surface area contributed by atoms with Crippen LogP contribution in [0.1, 0.15) is 37.8 Å². The molecule has 0 N–H and O–H groups in total. The third-order valence-electron chi connectivity index (χ3n) is 5.30. The molecule has 0 radical (unpaired) electrons. The summed E-state index contributed by atoms with van der Waals surface area (Å²) in [6, 6.07) is 17.9. The van der Waals surface area contributed by atoms with Gasteiger partial charge in [-0.05, 0) is 72.5 Å². The van der Waals surface area contributed by atoms with Gasteiger partial charge in [0, 0.05) is 18.2 Å². The maximum Gasteiger partial charge on any atom is 0.372 e. The van der Waals surface area contributed by atoms with E-state index in [1.54, 1.807) is 54.6 Å². The Morgan fingerprint density at radius 3 is 1.62 bits per heavy atom. The molecule has 0 fully saturated rings. The zero-order valence-electron chi connectivity index (χ0n) is 23.3. The van der Waals surface area contributed by atoms with Crippen molar-refractivity contribution in [2.24, 2.45) is 0 Å². The normalized spacial score (nSPS) is 10.8. The van der Waals surface area contributed by atoms with Gasteiger partial charge in [-0.2, -0.15) is 4.39 Å². The third kappa shape index (κ3) is 10.4. The molecule has 0 saturated carbocycles. The summed E-state index contributed by atoms with van der Waals surface area (Å²) in [4.78, 5) is 36.7. The number of benzene rings is 3. The molecule has 9 heteroatoms. The van der Waals surface area contributed by atoms with Gasteiger partial charge in [0.15, 0.2) is 11.5 Å². The quantitative estimate of drug-likeness (QED) is 0.117. The molecule has 0 saturated heterocycles. The van der Waals surface area contributed by atoms with E-state index in [-0.39, 0.29) is 17.2 Å². The fourth-order valence-electron chi connectivity index (χ4n) is 3.28. The molecule has 3 aromatic rings. The van der Waals surface area contributed by atoms with Crippen LogP contribution in [0.4, 0.5) is 4.39 Å². The first-order chi connectivity index (χ1) is 20.3. The van der Waals surface area contributed by atoms with Gasteiger partial charge in [0.25, 0.3) is 0 Å². The Labute approximate surface area is 243 Å². The lowest BCUT2D eigenvalue weighted by atomic mass is 10.2. The Morgan fingerprint density at radius 1 is 0.667 bits per heavy atom. The SMILES string of the molecule is C=C(F)C(=O)Oc1cc(OC(=O)/C=C/c2ccc(OCCC)cc2)ccc1OC(=O)/C=C/c1ccc(OCCC)cc1. The number of halogens is 1. The summed E-state index contributed by atoms with van der Waals surface area (Å²) in [6.07, 6.45) is 7.22. The summed E-state index contributed by atoms with van der Waals surface area (Å²) in [5.41, 5.74) is 1.45. The zero-order valence-corrected chi connectivity index (χ0v) is 23.3. The van der Waals surface area contributed by atoms with E-state index in [1.807, 2.05) is 13.8 Å². The maximum absolute atomic E-state index is 13.3. The van der Waals surface area contributed by atoms with Gasteiger partial charge in [-0.25, -0.2) is 14.4 Å². The van der Waals surface area contributed by atoms with E-state index < -0.39 is 23.7 Å². The van der Waals surface area contributed by atoms with Crippen molar-refractivity contribution in [2.75, 3.05) is 13.2 Å². The maximum atomic E-state index is 13.3. The van der Waals surface area contributed by atoms with Crippen LogP contribution in [-0.2, 0) is 14.4 Å². The summed E-state index contributed by atoms with van der Waals surface area (Å²) in [7, 11) is 0. The molecular weight excluding hydrogens is 543 g/mol. The predicted octanol–water partition coefficient (Wildman–Crippen LogP) is 6.89. The highest BCUT2D eigenvalue weighted by atomic mass is 19.1. The highest BCUT2D eigenvalue weighted by Gasteiger charge is 2.17. The van der Waals surface area contributed by atoms with E-state index in [2.05, 4.69) is 6.58 Å². The molecule has 218 valence electrons. The van der Waals surface area contributed by atoms with Gasteiger partial charge >= 0.3 is 17.9 Å². The number of carbonyl (C=O) groups is 3. The summed E-state index contributed by atoms with van der Waals surface area (Å²) in [6.45, 7) is 8.13. The van der Waals surface area contributed by atoms with Crippen LogP contribution in [0.2, 0.25) is 0 Å². The molecule has 3 aromatic carbocycles. The van der Waals surface area contributed by atoms with Gasteiger partial charge < -0.3 is 23.7 Å². The largest absolute Gasteiger partial charge is 0.494 e. The lowest BCUT2D eigenvalue weighted by Gasteiger charge is -2.11. The minimum atomic E-state index is -1.40. The molecule has 0 aliphatic carbocycles. The number of carbonyl (C=O) groups excluding carboxylic acids is 3. The molecular formula is C33H31FO8. The fraction of sp³-hybridized carbons (Fsp3) is 0.182. The Balaban J connectivity index is 1.67. The van der Waals surface area contributed by atoms with Crippen LogP contribution in [0, 0.1) is 0 Å². The molecule has 8 nitrogen and oxygen atoms in total. The van der Waals surface area contributed by atoms with Crippen LogP contribution >= 0.6 is 0 Å². The van der Waals surface area contributed by atoms with Gasteiger partial charge in [-0.1, -0.05) is 44.7 Å². The predicted molar refractivity (Wildman–Crippen MR) is 156 cm³/mol. The minimum Gasteiger partial charge on any atom is -0.494 e. The Kier molecular flexibility index (Phi) is 12.1. The Bertz CT molecular complexity index is 1440. The van der Waals surface area contributed by atoms with E-state index in [9.17, 15) is 18.8 Å². The van der Waals surface area contributed by atoms with Gasteiger partial charge in [0.05, 0.1) is 13.2 Å². The summed E-state index contributed by atoms with van der Waals surface area (Å²) in [5.74, 6) is -3.46. The van der Waals surface area contributed by atoms with Gasteiger partial charge in [-0.15, -0.1) is 0 Å². The molecule has 0 bridgehead atoms. The van der Waals surface area contributed by atoms with Crippen molar-refractivity contribution in [1.29, 1.82) is 0 Å². The van der Waals surface area contributed by atoms with Crippen LogP contribution in [0.15, 0.2) is 91.3 Å². The topological polar surface area (TPSA) is 97.4 Å². The van der Waals surface area contributed by atoms with Crippen LogP contribution < -0.4 is 23.7 Å². The van der Waals surface area contributed by atoms with Crippen molar-refractivity contribution in [3.63, 3.8) is 0 Å². The van der Waals surface area contributed by atoms with Crippen LogP contribution in [0.3, 0.4) is 0 Å². The van der Waals surface area contributed by atoms with Crippen LogP contribution in [0.5, 0.6) is 28.7 Å². The summed E-state index contributed by atoms with van der Waals surface area (Å²) >= 11 is 0. The lowest BCUT2D eigenvalue weighted by molar-refractivity contribution is -0.133. The van der Waals surface area contributed by atoms with Crippen molar-refractivity contribution >= 4 is 30.1 Å². The van der Waals surface area contributed by atoms with E-state index >= 15 is 0 Å². The molecule has 0 atom stereocenters. The number of rotatable bonds is 14. The molecule has 0 unspecified atom stereocenters. The minimum absolute atomic E-state index is 0.0408. The van der Waals surface area contributed by atoms with Crippen LogP contribution in [0.25, 0.3) is 12.2 Å². The number of hydrogen-bond acceptors (Lipinski definition) is 8. The van der Waals surface area contributed by atoms with Crippen molar-refractivity contribution in [1.82, 2.24) is 0 Å². The molecule has 3 rings (SSSR count). The smallest absolute Gasteiger partial charge is 0.372 e. The molecule has 0 heterocycles. The van der Waals surface area contributed by atoms with Crippen molar-refractivity contribution in [3.05, 3.63) is 102 Å². The first-order valence-electron chi connectivity index (χ1n) is 13.2. The second-order valence-electron chi connectivity index (χ2n) is 8.75. The van der Waals surface area contributed by atoms with E-state index in [0.717, 1.165) is 30.2 Å². The van der Waals surface area contributed by atoms with Crippen molar-refractivity contribution < 1.29 is 42.5 Å². The van der Waals surface area contributed by atoms with Gasteiger partial charge in [0.1, 0.15) is 17.2 Å². The molecule has 0 aliphatic rings. The molecule has 42 heavy (non-hydrogen) atoms. The van der Waals surface area contributed by atoms with Gasteiger partial charge in [0.2, 0.25) is 5.83 Å². The fourth-order valence-corrected chi connectivity index (χ4v) is 3.28. The number of esters is 3. The third-order valence-corrected chi connectivity index (χ3v) is 5.30. The average Bonchev–Trinajstić information content (AvgIpc) is 2.99. The van der Waals surface area contributed by atoms with Crippen LogP contribution in [-0.4, -0.2) is 31.1 Å². The zero-order chi connectivity index (χ0) is 30.3. The second-order valence-corrected chi connectivity index (χ2v) is 8.75. The highest BCUT2D eigenvalue weighted by molar-refractivity contribution is 5.91. The van der Waals surface area contributed by atoms with E-state index in [0.29, 0.717) is 24.5 Å².